The summed E-state index contributed by atoms with van der Waals surface area (Å²) in [6.07, 6.45) is -2.53. The van der Waals surface area contributed by atoms with Crippen molar-refractivity contribution in [1.29, 1.82) is 0 Å². The number of carbonyl (C=O) groups excluding carboxylic acids is 1. The molecule has 0 radical (unpaired) electrons. The molecule has 1 aliphatic heterocycles. The number of halogens is 6. The number of anilines is 1. The van der Waals surface area contributed by atoms with E-state index in [-0.39, 0.29) is 30.5 Å². The molecule has 6 nitrogen and oxygen atoms in total. The van der Waals surface area contributed by atoms with E-state index in [1.54, 1.807) is 0 Å². The molecule has 29 heavy (non-hydrogen) atoms. The third-order valence-electron chi connectivity index (χ3n) is 3.99. The Labute approximate surface area is 167 Å². The molecular formula is C17H14ClF5N4O2. The van der Waals surface area contributed by atoms with Crippen molar-refractivity contribution in [3.05, 3.63) is 59.2 Å². The van der Waals surface area contributed by atoms with Gasteiger partial charge in [-0.05, 0) is 18.2 Å². The Hall–Kier alpha value is -2.79. The zero-order chi connectivity index (χ0) is 20.5. The van der Waals surface area contributed by atoms with Crippen LogP contribution in [0, 0.1) is 17.5 Å². The van der Waals surface area contributed by atoms with Crippen LogP contribution in [-0.4, -0.2) is 36.4 Å². The van der Waals surface area contributed by atoms with Crippen molar-refractivity contribution in [3.8, 4) is 0 Å². The zero-order valence-electron chi connectivity index (χ0n) is 14.5. The van der Waals surface area contributed by atoms with Gasteiger partial charge < -0.3 is 15.8 Å². The topological polar surface area (TPSA) is 89.6 Å². The first-order chi connectivity index (χ1) is 13.2. The molecular weight excluding hydrogens is 423 g/mol. The van der Waals surface area contributed by atoms with E-state index in [2.05, 4.69) is 15.3 Å². The van der Waals surface area contributed by atoms with Crippen LogP contribution < -0.4 is 11.1 Å². The van der Waals surface area contributed by atoms with Crippen molar-refractivity contribution in [2.24, 2.45) is 10.7 Å². The fourth-order valence-electron chi connectivity index (χ4n) is 2.71. The number of carbonyl (C=O) groups is 1. The fraction of sp³-hybridized carbons (Fsp3) is 0.235. The van der Waals surface area contributed by atoms with Gasteiger partial charge in [0.2, 0.25) is 0 Å². The lowest BCUT2D eigenvalue weighted by atomic mass is 9.90. The molecule has 1 aromatic carbocycles. The lowest BCUT2D eigenvalue weighted by molar-refractivity contribution is -0.0145. The van der Waals surface area contributed by atoms with Gasteiger partial charge in [-0.3, -0.25) is 9.79 Å². The molecule has 0 bridgehead atoms. The molecule has 0 unspecified atom stereocenters. The number of aliphatic imine (C=N–C) groups is 1. The number of rotatable bonds is 4. The Kier molecular flexibility index (Phi) is 6.75. The second-order valence-corrected chi connectivity index (χ2v) is 5.95. The van der Waals surface area contributed by atoms with E-state index in [1.807, 2.05) is 0 Å². The number of hydrogen-bond donors (Lipinski definition) is 2. The molecule has 1 aromatic heterocycles. The minimum atomic E-state index is -3.16. The maximum atomic E-state index is 14.3. The van der Waals surface area contributed by atoms with Crippen LogP contribution in [0.3, 0.4) is 0 Å². The van der Waals surface area contributed by atoms with Gasteiger partial charge in [0, 0.05) is 17.3 Å². The Morgan fingerprint density at radius 3 is 2.55 bits per heavy atom. The standard InChI is InChI=1S/C17H13F5N4O2.ClH/c18-8-3-12(20)14(24-5-8)15(27)25-9-1-2-11(19)10(4-9)17(16(21)22)7-28-6-13(23)26-17;/h1-5,16H,6-7H2,(H2,23,26)(H,25,27);1H/t17-;/m0./s1. The van der Waals surface area contributed by atoms with Crippen LogP contribution in [0.25, 0.3) is 0 Å². The highest BCUT2D eigenvalue weighted by molar-refractivity contribution is 6.03. The minimum absolute atomic E-state index is 0. The van der Waals surface area contributed by atoms with Crippen LogP contribution >= 0.6 is 12.4 Å². The average Bonchev–Trinajstić information content (AvgIpc) is 2.62. The highest BCUT2D eigenvalue weighted by Crippen LogP contribution is 2.38. The lowest BCUT2D eigenvalue weighted by Gasteiger charge is -2.33. The van der Waals surface area contributed by atoms with Gasteiger partial charge in [0.25, 0.3) is 12.3 Å². The van der Waals surface area contributed by atoms with Crippen LogP contribution in [0.2, 0.25) is 0 Å². The van der Waals surface area contributed by atoms with Gasteiger partial charge in [0.1, 0.15) is 24.1 Å². The molecule has 1 amide bonds. The molecule has 1 atom stereocenters. The fourth-order valence-corrected chi connectivity index (χ4v) is 2.71. The SMILES string of the molecule is Cl.NC1=N[C@@](c2cc(NC(=O)c3ncc(F)cc3F)ccc2F)(C(F)F)COC1. The van der Waals surface area contributed by atoms with Gasteiger partial charge >= 0.3 is 0 Å². The predicted octanol–water partition coefficient (Wildman–Crippen LogP) is 3.02. The maximum absolute atomic E-state index is 14.3. The Morgan fingerprint density at radius 1 is 1.21 bits per heavy atom. The van der Waals surface area contributed by atoms with Crippen molar-refractivity contribution < 1.29 is 31.5 Å². The normalized spacial score (nSPS) is 18.8. The van der Waals surface area contributed by atoms with Gasteiger partial charge in [-0.25, -0.2) is 26.9 Å². The van der Waals surface area contributed by atoms with E-state index < -0.39 is 53.2 Å². The number of pyridine rings is 1. The summed E-state index contributed by atoms with van der Waals surface area (Å²) in [7, 11) is 0. The number of hydrogen-bond acceptors (Lipinski definition) is 5. The molecule has 1 aliphatic rings. The first-order valence-electron chi connectivity index (χ1n) is 7.85. The Bertz CT molecular complexity index is 959. The quantitative estimate of drug-likeness (QED) is 0.721. The second-order valence-electron chi connectivity index (χ2n) is 5.95. The minimum Gasteiger partial charge on any atom is -0.385 e. The number of benzene rings is 1. The number of amides is 1. The highest BCUT2D eigenvalue weighted by atomic mass is 35.5. The number of nitrogens with zero attached hydrogens (tertiary/aromatic N) is 2. The summed E-state index contributed by atoms with van der Waals surface area (Å²) in [5.74, 6) is -4.54. The predicted molar refractivity (Wildman–Crippen MR) is 95.9 cm³/mol. The van der Waals surface area contributed by atoms with Crippen LogP contribution in [0.15, 0.2) is 35.5 Å². The first-order valence-corrected chi connectivity index (χ1v) is 7.85. The lowest BCUT2D eigenvalue weighted by Crippen LogP contribution is -2.45. The number of aromatic nitrogens is 1. The molecule has 0 aliphatic carbocycles. The van der Waals surface area contributed by atoms with Crippen molar-refractivity contribution in [3.63, 3.8) is 0 Å². The second kappa shape index (κ2) is 8.70. The average molecular weight is 437 g/mol. The van der Waals surface area contributed by atoms with Crippen molar-refractivity contribution in [2.75, 3.05) is 18.5 Å². The van der Waals surface area contributed by atoms with Gasteiger partial charge in [-0.2, -0.15) is 0 Å². The van der Waals surface area contributed by atoms with E-state index >= 15 is 0 Å². The van der Waals surface area contributed by atoms with Gasteiger partial charge in [-0.15, -0.1) is 12.4 Å². The van der Waals surface area contributed by atoms with Crippen molar-refractivity contribution >= 4 is 29.8 Å². The van der Waals surface area contributed by atoms with E-state index in [0.717, 1.165) is 18.2 Å². The smallest absolute Gasteiger partial charge is 0.277 e. The summed E-state index contributed by atoms with van der Waals surface area (Å²) < 4.78 is 73.5. The summed E-state index contributed by atoms with van der Waals surface area (Å²) in [6, 6.07) is 3.30. The summed E-state index contributed by atoms with van der Waals surface area (Å²) in [4.78, 5) is 19.2. The zero-order valence-corrected chi connectivity index (χ0v) is 15.3. The first kappa shape index (κ1) is 22.5. The van der Waals surface area contributed by atoms with Gasteiger partial charge in [0.05, 0.1) is 12.8 Å². The Morgan fingerprint density at radius 2 is 1.93 bits per heavy atom. The number of ether oxygens (including phenoxy) is 1. The number of alkyl halides is 2. The largest absolute Gasteiger partial charge is 0.385 e. The third-order valence-corrected chi connectivity index (χ3v) is 3.99. The molecule has 0 saturated heterocycles. The number of nitrogens with one attached hydrogen (secondary N) is 1. The Balaban J connectivity index is 0.00000300. The van der Waals surface area contributed by atoms with Crippen LogP contribution in [0.5, 0.6) is 0 Å². The molecule has 3 N–H and O–H groups in total. The van der Waals surface area contributed by atoms with Crippen LogP contribution in [0.1, 0.15) is 16.1 Å². The molecule has 0 saturated carbocycles. The van der Waals surface area contributed by atoms with E-state index in [4.69, 9.17) is 10.5 Å². The van der Waals surface area contributed by atoms with E-state index in [1.165, 1.54) is 0 Å². The summed E-state index contributed by atoms with van der Waals surface area (Å²) >= 11 is 0. The van der Waals surface area contributed by atoms with Gasteiger partial charge in [0.15, 0.2) is 17.1 Å². The van der Waals surface area contributed by atoms with E-state index in [0.29, 0.717) is 12.3 Å². The monoisotopic (exact) mass is 436 g/mol. The third kappa shape index (κ3) is 4.46. The number of amidine groups is 1. The summed E-state index contributed by atoms with van der Waals surface area (Å²) in [5.41, 5.74) is 1.67. The molecule has 156 valence electrons. The molecule has 0 spiro atoms. The van der Waals surface area contributed by atoms with Crippen LogP contribution in [-0.2, 0) is 10.3 Å². The van der Waals surface area contributed by atoms with Crippen molar-refractivity contribution in [1.82, 2.24) is 4.98 Å². The summed E-state index contributed by atoms with van der Waals surface area (Å²) in [5, 5.41) is 2.20. The molecule has 0 fully saturated rings. The van der Waals surface area contributed by atoms with Crippen molar-refractivity contribution in [2.45, 2.75) is 12.0 Å². The van der Waals surface area contributed by atoms with Crippen LogP contribution in [0.4, 0.5) is 27.6 Å². The maximum Gasteiger partial charge on any atom is 0.277 e. The molecule has 3 rings (SSSR count). The molecule has 2 heterocycles. The molecule has 12 heteroatoms. The van der Waals surface area contributed by atoms with E-state index in [9.17, 15) is 26.7 Å². The molecule has 2 aromatic rings. The van der Waals surface area contributed by atoms with Gasteiger partial charge in [-0.1, -0.05) is 0 Å². The summed E-state index contributed by atoms with van der Waals surface area (Å²) in [6.45, 7) is -0.810. The highest BCUT2D eigenvalue weighted by Gasteiger charge is 2.46. The number of nitrogens with two attached hydrogens (primary N) is 1.